The predicted octanol–water partition coefficient (Wildman–Crippen LogP) is 1.78. The lowest BCUT2D eigenvalue weighted by molar-refractivity contribution is -0.131. The van der Waals surface area contributed by atoms with Crippen LogP contribution in [0, 0.1) is 0 Å². The van der Waals surface area contributed by atoms with Crippen molar-refractivity contribution < 1.29 is 19.8 Å². The maximum absolute atomic E-state index is 11.2. The summed E-state index contributed by atoms with van der Waals surface area (Å²) in [4.78, 5) is 21.7. The largest absolute Gasteiger partial charge is 0.507 e. The van der Waals surface area contributed by atoms with Gasteiger partial charge in [0.05, 0.1) is 5.56 Å². The molecule has 0 aromatic heterocycles. The van der Waals surface area contributed by atoms with Gasteiger partial charge in [-0.3, -0.25) is 4.79 Å². The predicted molar refractivity (Wildman–Crippen MR) is 54.2 cm³/mol. The molecule has 4 nitrogen and oxygen atoms in total. The Hall–Kier alpha value is -1.84. The van der Waals surface area contributed by atoms with Crippen LogP contribution >= 0.6 is 0 Å². The second kappa shape index (κ2) is 4.13. The lowest BCUT2D eigenvalue weighted by atomic mass is 9.98. The number of aliphatic carboxylic acids is 1. The standard InChI is InChI=1S/C11H12O4/c1-6(2)7-3-4-9(12)8(5-7)10(13)11(14)15/h3-6,12H,1-2H3,(H,14,15). The van der Waals surface area contributed by atoms with Crippen LogP contribution in [0.2, 0.25) is 0 Å². The average molecular weight is 208 g/mol. The summed E-state index contributed by atoms with van der Waals surface area (Å²) in [6, 6.07) is 4.42. The molecule has 1 rings (SSSR count). The van der Waals surface area contributed by atoms with E-state index in [2.05, 4.69) is 0 Å². The number of carbonyl (C=O) groups excluding carboxylic acids is 1. The van der Waals surface area contributed by atoms with Crippen molar-refractivity contribution in [2.45, 2.75) is 19.8 Å². The number of carboxylic acids is 1. The van der Waals surface area contributed by atoms with Crippen molar-refractivity contribution in [2.24, 2.45) is 0 Å². The van der Waals surface area contributed by atoms with Gasteiger partial charge in [0.2, 0.25) is 0 Å². The van der Waals surface area contributed by atoms with Gasteiger partial charge >= 0.3 is 5.97 Å². The van der Waals surface area contributed by atoms with Gasteiger partial charge in [-0.15, -0.1) is 0 Å². The minimum absolute atomic E-state index is 0.159. The zero-order chi connectivity index (χ0) is 11.6. The van der Waals surface area contributed by atoms with E-state index in [-0.39, 0.29) is 17.2 Å². The maximum Gasteiger partial charge on any atom is 0.377 e. The summed E-state index contributed by atoms with van der Waals surface area (Å²) in [7, 11) is 0. The van der Waals surface area contributed by atoms with E-state index in [1.807, 2.05) is 13.8 Å². The molecule has 0 heterocycles. The maximum atomic E-state index is 11.2. The number of ketones is 1. The van der Waals surface area contributed by atoms with Crippen molar-refractivity contribution in [3.8, 4) is 5.75 Å². The Morgan fingerprint density at radius 2 is 1.87 bits per heavy atom. The number of hydrogen-bond donors (Lipinski definition) is 2. The first-order valence-electron chi connectivity index (χ1n) is 4.54. The summed E-state index contributed by atoms with van der Waals surface area (Å²) in [5.41, 5.74) is 0.658. The minimum Gasteiger partial charge on any atom is -0.507 e. The van der Waals surface area contributed by atoms with Crippen LogP contribution < -0.4 is 0 Å². The monoisotopic (exact) mass is 208 g/mol. The molecule has 1 aromatic carbocycles. The number of phenols is 1. The molecule has 80 valence electrons. The molecule has 0 amide bonds. The fourth-order valence-electron chi connectivity index (χ4n) is 1.21. The molecular formula is C11H12O4. The molecule has 15 heavy (non-hydrogen) atoms. The summed E-state index contributed by atoms with van der Waals surface area (Å²) in [6.07, 6.45) is 0. The van der Waals surface area contributed by atoms with Gasteiger partial charge in [0.15, 0.2) is 0 Å². The highest BCUT2D eigenvalue weighted by molar-refractivity contribution is 6.40. The lowest BCUT2D eigenvalue weighted by Gasteiger charge is -2.07. The van der Waals surface area contributed by atoms with Gasteiger partial charge in [-0.1, -0.05) is 19.9 Å². The third-order valence-corrected chi connectivity index (χ3v) is 2.13. The number of benzene rings is 1. The average Bonchev–Trinajstić information content (AvgIpc) is 2.16. The molecule has 2 N–H and O–H groups in total. The molecule has 0 saturated heterocycles. The topological polar surface area (TPSA) is 74.6 Å². The zero-order valence-electron chi connectivity index (χ0n) is 8.52. The van der Waals surface area contributed by atoms with E-state index in [4.69, 9.17) is 5.11 Å². The fraction of sp³-hybridized carbons (Fsp3) is 0.273. The van der Waals surface area contributed by atoms with Crippen molar-refractivity contribution in [3.63, 3.8) is 0 Å². The molecular weight excluding hydrogens is 196 g/mol. The normalized spacial score (nSPS) is 10.3. The number of aromatic hydroxyl groups is 1. The van der Waals surface area contributed by atoms with Gasteiger partial charge in [-0.05, 0) is 23.6 Å². The van der Waals surface area contributed by atoms with Gasteiger partial charge in [-0.2, -0.15) is 0 Å². The van der Waals surface area contributed by atoms with Crippen LogP contribution in [0.4, 0.5) is 0 Å². The van der Waals surface area contributed by atoms with Gasteiger partial charge in [0.25, 0.3) is 5.78 Å². The molecule has 0 saturated carbocycles. The van der Waals surface area contributed by atoms with E-state index in [0.717, 1.165) is 5.56 Å². The van der Waals surface area contributed by atoms with Crippen LogP contribution in [0.5, 0.6) is 5.75 Å². The minimum atomic E-state index is -1.56. The Bertz CT molecular complexity index is 407. The molecule has 0 spiro atoms. The Kier molecular flexibility index (Phi) is 3.09. The summed E-state index contributed by atoms with van der Waals surface area (Å²) in [6.45, 7) is 3.84. The molecule has 0 aliphatic heterocycles. The second-order valence-corrected chi connectivity index (χ2v) is 3.57. The van der Waals surface area contributed by atoms with E-state index < -0.39 is 11.8 Å². The third-order valence-electron chi connectivity index (χ3n) is 2.13. The summed E-state index contributed by atoms with van der Waals surface area (Å²) >= 11 is 0. The first kappa shape index (κ1) is 11.2. The number of hydrogen-bond acceptors (Lipinski definition) is 3. The highest BCUT2D eigenvalue weighted by atomic mass is 16.4. The van der Waals surface area contributed by atoms with Crippen LogP contribution in [-0.4, -0.2) is 22.0 Å². The smallest absolute Gasteiger partial charge is 0.377 e. The Balaban J connectivity index is 3.22. The van der Waals surface area contributed by atoms with Crippen molar-refractivity contribution in [1.29, 1.82) is 0 Å². The molecule has 0 atom stereocenters. The van der Waals surface area contributed by atoms with Crippen LogP contribution in [0.25, 0.3) is 0 Å². The molecule has 0 bridgehead atoms. The van der Waals surface area contributed by atoms with E-state index in [9.17, 15) is 14.7 Å². The van der Waals surface area contributed by atoms with Crippen LogP contribution in [-0.2, 0) is 4.79 Å². The highest BCUT2D eigenvalue weighted by Crippen LogP contribution is 2.23. The molecule has 0 aliphatic rings. The van der Waals surface area contributed by atoms with Crippen LogP contribution in [0.3, 0.4) is 0 Å². The fourth-order valence-corrected chi connectivity index (χ4v) is 1.21. The molecule has 0 aliphatic carbocycles. The lowest BCUT2D eigenvalue weighted by Crippen LogP contribution is -2.13. The van der Waals surface area contributed by atoms with Crippen LogP contribution in [0.1, 0.15) is 35.7 Å². The first-order chi connectivity index (χ1) is 6.93. The highest BCUT2D eigenvalue weighted by Gasteiger charge is 2.19. The number of phenolic OH excluding ortho intramolecular Hbond substituents is 1. The molecule has 4 heteroatoms. The van der Waals surface area contributed by atoms with Gasteiger partial charge in [0, 0.05) is 0 Å². The number of Topliss-reactive ketones (excluding diaryl/α,β-unsaturated/α-hetero) is 1. The van der Waals surface area contributed by atoms with Gasteiger partial charge in [0.1, 0.15) is 5.75 Å². The summed E-state index contributed by atoms with van der Waals surface area (Å²) < 4.78 is 0. The zero-order valence-corrected chi connectivity index (χ0v) is 8.52. The van der Waals surface area contributed by atoms with E-state index >= 15 is 0 Å². The second-order valence-electron chi connectivity index (χ2n) is 3.57. The van der Waals surface area contributed by atoms with Gasteiger partial charge in [-0.25, -0.2) is 4.79 Å². The van der Waals surface area contributed by atoms with Crippen molar-refractivity contribution in [2.75, 3.05) is 0 Å². The van der Waals surface area contributed by atoms with E-state index in [0.29, 0.717) is 0 Å². The molecule has 1 aromatic rings. The third kappa shape index (κ3) is 2.34. The Morgan fingerprint density at radius 3 is 2.33 bits per heavy atom. The number of rotatable bonds is 3. The van der Waals surface area contributed by atoms with E-state index in [1.54, 1.807) is 6.07 Å². The quantitative estimate of drug-likeness (QED) is 0.586. The van der Waals surface area contributed by atoms with Gasteiger partial charge < -0.3 is 10.2 Å². The number of carboxylic acid groups (broad SMARTS) is 1. The van der Waals surface area contributed by atoms with Crippen molar-refractivity contribution >= 4 is 11.8 Å². The summed E-state index contributed by atoms with van der Waals surface area (Å²) in [5.74, 6) is -2.78. The SMILES string of the molecule is CC(C)c1ccc(O)c(C(=O)C(=O)O)c1. The summed E-state index contributed by atoms with van der Waals surface area (Å²) in [5, 5.41) is 17.9. The van der Waals surface area contributed by atoms with Crippen LogP contribution in [0.15, 0.2) is 18.2 Å². The van der Waals surface area contributed by atoms with Crippen molar-refractivity contribution in [1.82, 2.24) is 0 Å². The molecule has 0 unspecified atom stereocenters. The van der Waals surface area contributed by atoms with Crippen molar-refractivity contribution in [3.05, 3.63) is 29.3 Å². The number of carbonyl (C=O) groups is 2. The molecule has 0 radical (unpaired) electrons. The van der Waals surface area contributed by atoms with E-state index in [1.165, 1.54) is 12.1 Å². The first-order valence-corrected chi connectivity index (χ1v) is 4.54. The Labute approximate surface area is 87.2 Å². The molecule has 0 fully saturated rings. The Morgan fingerprint density at radius 1 is 1.27 bits per heavy atom.